The van der Waals surface area contributed by atoms with Gasteiger partial charge in [0.25, 0.3) is 17.7 Å². The predicted octanol–water partition coefficient (Wildman–Crippen LogP) is 4.11. The number of allylic oxidation sites excluding steroid dienone is 2. The lowest BCUT2D eigenvalue weighted by molar-refractivity contribution is -0.136. The minimum Gasteiger partial charge on any atom is -0.380 e. The molecule has 0 radical (unpaired) electrons. The van der Waals surface area contributed by atoms with Crippen LogP contribution in [0.2, 0.25) is 0 Å². The summed E-state index contributed by atoms with van der Waals surface area (Å²) in [5, 5.41) is 10.3. The number of anilines is 1. The van der Waals surface area contributed by atoms with Crippen molar-refractivity contribution in [3.8, 4) is 0 Å². The van der Waals surface area contributed by atoms with E-state index in [0.717, 1.165) is 37.8 Å². The molecule has 224 valence electrons. The van der Waals surface area contributed by atoms with Crippen LogP contribution in [0.1, 0.15) is 77.7 Å². The molecule has 10 nitrogen and oxygen atoms in total. The molecular formula is C30H37F2N7O3. The molecule has 0 spiro atoms. The van der Waals surface area contributed by atoms with Crippen molar-refractivity contribution in [3.05, 3.63) is 60.3 Å². The number of hydrogen-bond acceptors (Lipinski definition) is 6. The van der Waals surface area contributed by atoms with Gasteiger partial charge < -0.3 is 20.4 Å². The monoisotopic (exact) mass is 581 g/mol. The summed E-state index contributed by atoms with van der Waals surface area (Å²) < 4.78 is 28.5. The highest BCUT2D eigenvalue weighted by molar-refractivity contribution is 6.07. The Labute approximate surface area is 243 Å². The van der Waals surface area contributed by atoms with Gasteiger partial charge in [-0.1, -0.05) is 31.6 Å². The van der Waals surface area contributed by atoms with Crippen molar-refractivity contribution in [2.24, 2.45) is 5.92 Å². The average molecular weight is 582 g/mol. The van der Waals surface area contributed by atoms with E-state index in [9.17, 15) is 23.2 Å². The maximum Gasteiger partial charge on any atom is 0.274 e. The number of aromatic nitrogens is 3. The van der Waals surface area contributed by atoms with E-state index < -0.39 is 29.6 Å². The van der Waals surface area contributed by atoms with E-state index in [1.54, 1.807) is 29.1 Å². The number of alkyl halides is 2. The summed E-state index contributed by atoms with van der Waals surface area (Å²) in [4.78, 5) is 47.0. The zero-order valence-electron chi connectivity index (χ0n) is 23.8. The van der Waals surface area contributed by atoms with E-state index >= 15 is 0 Å². The lowest BCUT2D eigenvalue weighted by Gasteiger charge is -2.32. The molecule has 2 fully saturated rings. The third-order valence-corrected chi connectivity index (χ3v) is 8.05. The molecule has 5 rings (SSSR count). The van der Waals surface area contributed by atoms with Crippen molar-refractivity contribution in [2.45, 2.75) is 56.9 Å². The van der Waals surface area contributed by atoms with Gasteiger partial charge in [0.05, 0.1) is 17.4 Å². The number of carbonyl (C=O) groups excluding carboxylic acids is 3. The molecule has 1 saturated heterocycles. The summed E-state index contributed by atoms with van der Waals surface area (Å²) in [5.74, 6) is -5.49. The molecule has 3 aliphatic rings. The molecule has 2 aromatic rings. The largest absolute Gasteiger partial charge is 0.380 e. The Morgan fingerprint density at radius 2 is 1.79 bits per heavy atom. The molecule has 3 amide bonds. The molecular weight excluding hydrogens is 544 g/mol. The number of likely N-dealkylation sites (tertiary alicyclic amines) is 1. The molecule has 42 heavy (non-hydrogen) atoms. The summed E-state index contributed by atoms with van der Waals surface area (Å²) in [5.41, 5.74) is 1.90. The second-order valence-corrected chi connectivity index (χ2v) is 11.2. The van der Waals surface area contributed by atoms with E-state index in [0.29, 0.717) is 38.2 Å². The van der Waals surface area contributed by atoms with E-state index in [-0.39, 0.29) is 29.5 Å². The minimum absolute atomic E-state index is 0.0880. The van der Waals surface area contributed by atoms with Crippen molar-refractivity contribution in [1.82, 2.24) is 29.9 Å². The van der Waals surface area contributed by atoms with Crippen LogP contribution < -0.4 is 10.6 Å². The number of rotatable bonds is 3. The Kier molecular flexibility index (Phi) is 8.69. The lowest BCUT2D eigenvalue weighted by Crippen LogP contribution is -2.40. The highest BCUT2D eigenvalue weighted by atomic mass is 19.3. The number of nitrogens with one attached hydrogen (secondary N) is 2. The number of piperidine rings is 1. The second-order valence-electron chi connectivity index (χ2n) is 11.2. The summed E-state index contributed by atoms with van der Waals surface area (Å²) in [7, 11) is 1.99. The SMILES string of the molecule is C=C/C1=C\N(C)CCCCCCNC(=O)c2nn(C3CCN(C(=O)C4CC4(F)F)CC3)cc2NC(=O)c2cccc1n2. The van der Waals surface area contributed by atoms with Crippen LogP contribution in [0.4, 0.5) is 14.5 Å². The van der Waals surface area contributed by atoms with Crippen molar-refractivity contribution < 1.29 is 23.2 Å². The number of hydrogen-bond donors (Lipinski definition) is 2. The van der Waals surface area contributed by atoms with E-state index in [4.69, 9.17) is 0 Å². The van der Waals surface area contributed by atoms with Crippen molar-refractivity contribution in [1.29, 1.82) is 0 Å². The standard InChI is InChI=1S/C30H37F2N7O3/c1-3-20-18-37(2)14-7-5-4-6-13-33-28(41)26-25(35-27(40)24-10-8-9-23(20)34-24)19-39(36-26)21-11-15-38(16-12-21)29(42)22-17-30(22,31)32/h3,8-10,18-19,21-22H,1,4-7,11-17H2,2H3,(H,33,41)(H,35,40)/b20-18+. The fraction of sp³-hybridized carbons (Fsp3) is 0.500. The van der Waals surface area contributed by atoms with Gasteiger partial charge in [0.1, 0.15) is 11.6 Å². The Bertz CT molecular complexity index is 1380. The highest BCUT2D eigenvalue weighted by Gasteiger charge is 2.62. The van der Waals surface area contributed by atoms with E-state index in [2.05, 4.69) is 32.2 Å². The zero-order valence-corrected chi connectivity index (χ0v) is 23.8. The van der Waals surface area contributed by atoms with Crippen LogP contribution in [0, 0.1) is 5.92 Å². The van der Waals surface area contributed by atoms with Gasteiger partial charge in [-0.05, 0) is 37.8 Å². The Morgan fingerprint density at radius 1 is 1.07 bits per heavy atom. The van der Waals surface area contributed by atoms with Gasteiger partial charge in [-0.25, -0.2) is 13.8 Å². The van der Waals surface area contributed by atoms with Crippen LogP contribution in [0.3, 0.4) is 0 Å². The molecule has 1 saturated carbocycles. The van der Waals surface area contributed by atoms with Gasteiger partial charge in [-0.2, -0.15) is 5.10 Å². The van der Waals surface area contributed by atoms with Gasteiger partial charge >= 0.3 is 0 Å². The molecule has 0 aromatic carbocycles. The quantitative estimate of drug-likeness (QED) is 0.564. The molecule has 1 unspecified atom stereocenters. The first kappa shape index (κ1) is 29.4. The zero-order chi connectivity index (χ0) is 29.9. The first-order valence-corrected chi connectivity index (χ1v) is 14.5. The van der Waals surface area contributed by atoms with Crippen LogP contribution in [-0.4, -0.2) is 81.4 Å². The van der Waals surface area contributed by atoms with Gasteiger partial charge in [0.2, 0.25) is 5.91 Å². The van der Waals surface area contributed by atoms with Crippen molar-refractivity contribution >= 4 is 29.0 Å². The maximum atomic E-state index is 13.4. The third kappa shape index (κ3) is 6.69. The van der Waals surface area contributed by atoms with Gasteiger partial charge in [0, 0.05) is 57.6 Å². The van der Waals surface area contributed by atoms with Gasteiger partial charge in [-0.3, -0.25) is 19.1 Å². The van der Waals surface area contributed by atoms with Crippen LogP contribution in [0.25, 0.3) is 5.57 Å². The Morgan fingerprint density at radius 3 is 2.50 bits per heavy atom. The number of fused-ring (bicyclic) bond motifs is 3. The molecule has 12 heteroatoms. The van der Waals surface area contributed by atoms with E-state index in [1.165, 1.54) is 4.90 Å². The molecule has 4 heterocycles. The highest BCUT2D eigenvalue weighted by Crippen LogP contribution is 2.49. The average Bonchev–Trinajstić information content (AvgIpc) is 3.42. The number of carbonyl (C=O) groups is 3. The molecule has 1 aliphatic carbocycles. The summed E-state index contributed by atoms with van der Waals surface area (Å²) >= 11 is 0. The van der Waals surface area contributed by atoms with Crippen LogP contribution in [0.15, 0.2) is 43.3 Å². The molecule has 2 aromatic heterocycles. The summed E-state index contributed by atoms with van der Waals surface area (Å²) in [6.07, 6.45) is 9.68. The molecule has 1 atom stereocenters. The van der Waals surface area contributed by atoms with Crippen LogP contribution >= 0.6 is 0 Å². The van der Waals surface area contributed by atoms with Crippen molar-refractivity contribution in [3.63, 3.8) is 0 Å². The first-order valence-electron chi connectivity index (χ1n) is 14.5. The predicted molar refractivity (Wildman–Crippen MR) is 154 cm³/mol. The second kappa shape index (κ2) is 12.4. The summed E-state index contributed by atoms with van der Waals surface area (Å²) in [6, 6.07) is 5.00. The number of nitrogens with zero attached hydrogens (tertiary/aromatic N) is 5. The van der Waals surface area contributed by atoms with Gasteiger partial charge in [-0.15, -0.1) is 0 Å². The topological polar surface area (TPSA) is 112 Å². The number of pyridine rings is 1. The fourth-order valence-corrected chi connectivity index (χ4v) is 5.45. The minimum atomic E-state index is -2.89. The lowest BCUT2D eigenvalue weighted by atomic mass is 10.0. The maximum absolute atomic E-state index is 13.4. The smallest absolute Gasteiger partial charge is 0.274 e. The molecule has 2 bridgehead atoms. The first-order chi connectivity index (χ1) is 20.2. The molecule has 2 aliphatic heterocycles. The number of amides is 3. The fourth-order valence-electron chi connectivity index (χ4n) is 5.45. The normalized spacial score (nSPS) is 23.4. The van der Waals surface area contributed by atoms with Crippen molar-refractivity contribution in [2.75, 3.05) is 38.5 Å². The van der Waals surface area contributed by atoms with Crippen LogP contribution in [0.5, 0.6) is 0 Å². The number of halogens is 2. The third-order valence-electron chi connectivity index (χ3n) is 8.05. The summed E-state index contributed by atoms with van der Waals surface area (Å²) in [6.45, 7) is 5.89. The van der Waals surface area contributed by atoms with E-state index in [1.807, 2.05) is 19.3 Å². The van der Waals surface area contributed by atoms with Crippen LogP contribution in [-0.2, 0) is 4.79 Å². The van der Waals surface area contributed by atoms with Gasteiger partial charge in [0.15, 0.2) is 5.69 Å². The Hall–Kier alpha value is -4.09. The Balaban J connectivity index is 1.37. The molecule has 2 N–H and O–H groups in total.